The van der Waals surface area contributed by atoms with Gasteiger partial charge in [0.2, 0.25) is 34.8 Å². The molecule has 0 aliphatic carbocycles. The SMILES string of the molecule is [CH2]C(=O)Oc1c(F)c(F)c(F)c(F)c1F. The molecule has 1 aromatic carbocycles. The molecule has 81 valence electrons. The summed E-state index contributed by atoms with van der Waals surface area (Å²) in [7, 11) is 0. The van der Waals surface area contributed by atoms with Crippen LogP contribution in [-0.4, -0.2) is 5.97 Å². The van der Waals surface area contributed by atoms with Crippen LogP contribution in [0.5, 0.6) is 5.75 Å². The van der Waals surface area contributed by atoms with E-state index in [1.54, 1.807) is 0 Å². The third-order valence-corrected chi connectivity index (χ3v) is 1.39. The predicted octanol–water partition coefficient (Wildman–Crippen LogP) is 2.12. The van der Waals surface area contributed by atoms with Crippen molar-refractivity contribution in [3.05, 3.63) is 36.0 Å². The third kappa shape index (κ3) is 1.90. The van der Waals surface area contributed by atoms with Crippen molar-refractivity contribution in [3.63, 3.8) is 0 Å². The molecule has 0 amide bonds. The number of carbonyl (C=O) groups is 1. The van der Waals surface area contributed by atoms with E-state index in [1.165, 1.54) is 0 Å². The molecular weight excluding hydrogens is 223 g/mol. The second kappa shape index (κ2) is 3.84. The first-order valence-corrected chi connectivity index (χ1v) is 3.41. The topological polar surface area (TPSA) is 26.3 Å². The molecule has 0 heterocycles. The second-order valence-electron chi connectivity index (χ2n) is 2.37. The molecule has 0 fully saturated rings. The van der Waals surface area contributed by atoms with E-state index in [0.29, 0.717) is 0 Å². The highest BCUT2D eigenvalue weighted by molar-refractivity contribution is 5.76. The average Bonchev–Trinajstić information content (AvgIpc) is 2.18. The van der Waals surface area contributed by atoms with Gasteiger partial charge < -0.3 is 4.74 Å². The molecule has 0 atom stereocenters. The van der Waals surface area contributed by atoms with Gasteiger partial charge in [0.05, 0.1) is 6.92 Å². The molecule has 15 heavy (non-hydrogen) atoms. The summed E-state index contributed by atoms with van der Waals surface area (Å²) in [5.41, 5.74) is 0. The van der Waals surface area contributed by atoms with Gasteiger partial charge in [0.15, 0.2) is 0 Å². The summed E-state index contributed by atoms with van der Waals surface area (Å²) >= 11 is 0. The highest BCUT2D eigenvalue weighted by Crippen LogP contribution is 2.28. The minimum atomic E-state index is -2.33. The summed E-state index contributed by atoms with van der Waals surface area (Å²) in [6, 6.07) is 0. The number of hydrogen-bond acceptors (Lipinski definition) is 2. The van der Waals surface area contributed by atoms with E-state index < -0.39 is 40.8 Å². The summed E-state index contributed by atoms with van der Waals surface area (Å²) in [6.07, 6.45) is 0. The lowest BCUT2D eigenvalue weighted by atomic mass is 10.2. The van der Waals surface area contributed by atoms with Gasteiger partial charge in [-0.15, -0.1) is 0 Å². The van der Waals surface area contributed by atoms with Crippen molar-refractivity contribution in [2.45, 2.75) is 0 Å². The van der Waals surface area contributed by atoms with E-state index in [-0.39, 0.29) is 0 Å². The van der Waals surface area contributed by atoms with Gasteiger partial charge in [-0.3, -0.25) is 4.79 Å². The highest BCUT2D eigenvalue weighted by Gasteiger charge is 2.27. The molecule has 2 nitrogen and oxygen atoms in total. The van der Waals surface area contributed by atoms with E-state index in [4.69, 9.17) is 0 Å². The molecule has 0 N–H and O–H groups in total. The first-order valence-electron chi connectivity index (χ1n) is 3.41. The van der Waals surface area contributed by atoms with Crippen LogP contribution < -0.4 is 4.74 Å². The molecule has 0 bridgehead atoms. The smallest absolute Gasteiger partial charge is 0.311 e. The molecule has 0 unspecified atom stereocenters. The van der Waals surface area contributed by atoms with Crippen molar-refractivity contribution < 1.29 is 31.5 Å². The molecule has 7 heteroatoms. The second-order valence-corrected chi connectivity index (χ2v) is 2.37. The lowest BCUT2D eigenvalue weighted by Crippen LogP contribution is -2.10. The lowest BCUT2D eigenvalue weighted by molar-refractivity contribution is -0.129. The minimum Gasteiger partial charge on any atom is -0.420 e. The standard InChI is InChI=1S/C8H2F5O2/c1-2(14)15-8-6(12)4(10)3(9)5(11)7(8)13/h1H2. The summed E-state index contributed by atoms with van der Waals surface area (Å²) < 4.78 is 66.6. The summed E-state index contributed by atoms with van der Waals surface area (Å²) in [5, 5.41) is 0. The van der Waals surface area contributed by atoms with E-state index in [0.717, 1.165) is 0 Å². The maximum Gasteiger partial charge on any atom is 0.311 e. The Balaban J connectivity index is 3.45. The summed E-state index contributed by atoms with van der Waals surface area (Å²) in [6.45, 7) is 2.56. The van der Waals surface area contributed by atoms with Crippen LogP contribution in [0.15, 0.2) is 0 Å². The number of rotatable bonds is 1. The van der Waals surface area contributed by atoms with Crippen LogP contribution >= 0.6 is 0 Å². The van der Waals surface area contributed by atoms with Crippen molar-refractivity contribution >= 4 is 5.97 Å². The fraction of sp³-hybridized carbons (Fsp3) is 0. The first kappa shape index (κ1) is 11.4. The Morgan fingerprint density at radius 2 is 1.20 bits per heavy atom. The fourth-order valence-corrected chi connectivity index (χ4v) is 0.788. The van der Waals surface area contributed by atoms with Crippen molar-refractivity contribution in [1.82, 2.24) is 0 Å². The van der Waals surface area contributed by atoms with Gasteiger partial charge in [0.1, 0.15) is 0 Å². The van der Waals surface area contributed by atoms with Gasteiger partial charge in [0, 0.05) is 0 Å². The zero-order valence-electron chi connectivity index (χ0n) is 6.91. The minimum absolute atomic E-state index is 1.45. The normalized spacial score (nSPS) is 10.3. The molecule has 0 saturated heterocycles. The molecule has 0 aliphatic heterocycles. The zero-order chi connectivity index (χ0) is 11.7. The molecule has 1 rings (SSSR count). The molecule has 0 saturated carbocycles. The van der Waals surface area contributed by atoms with Crippen LogP contribution in [-0.2, 0) is 4.79 Å². The number of ether oxygens (including phenoxy) is 1. The van der Waals surface area contributed by atoms with Crippen molar-refractivity contribution in [2.75, 3.05) is 0 Å². The number of benzene rings is 1. The van der Waals surface area contributed by atoms with Gasteiger partial charge in [-0.25, -0.2) is 13.2 Å². The summed E-state index contributed by atoms with van der Waals surface area (Å²) in [4.78, 5) is 10.2. The highest BCUT2D eigenvalue weighted by atomic mass is 19.2. The Morgan fingerprint density at radius 1 is 0.867 bits per heavy atom. The number of carbonyl (C=O) groups excluding carboxylic acids is 1. The third-order valence-electron chi connectivity index (χ3n) is 1.39. The maximum atomic E-state index is 12.7. The lowest BCUT2D eigenvalue weighted by Gasteiger charge is -2.06. The van der Waals surface area contributed by atoms with Gasteiger partial charge in [0.25, 0.3) is 0 Å². The Hall–Kier alpha value is -1.66. The number of halogens is 5. The Morgan fingerprint density at radius 3 is 1.53 bits per heavy atom. The molecule has 0 aromatic heterocycles. The molecular formula is C8H2F5O2. The monoisotopic (exact) mass is 225 g/mol. The van der Waals surface area contributed by atoms with E-state index in [2.05, 4.69) is 11.7 Å². The van der Waals surface area contributed by atoms with E-state index >= 15 is 0 Å². The van der Waals surface area contributed by atoms with Crippen molar-refractivity contribution in [3.8, 4) is 5.75 Å². The molecule has 1 aromatic rings. The van der Waals surface area contributed by atoms with Gasteiger partial charge in [-0.2, -0.15) is 8.78 Å². The van der Waals surface area contributed by atoms with E-state index in [9.17, 15) is 26.7 Å². The number of esters is 1. The van der Waals surface area contributed by atoms with Crippen LogP contribution in [0.1, 0.15) is 0 Å². The average molecular weight is 225 g/mol. The first-order chi connectivity index (χ1) is 6.86. The zero-order valence-corrected chi connectivity index (χ0v) is 6.91. The fourth-order valence-electron chi connectivity index (χ4n) is 0.788. The van der Waals surface area contributed by atoms with Crippen LogP contribution in [0.25, 0.3) is 0 Å². The van der Waals surface area contributed by atoms with Crippen LogP contribution in [0.2, 0.25) is 0 Å². The van der Waals surface area contributed by atoms with Gasteiger partial charge in [-0.05, 0) is 0 Å². The number of hydrogen-bond donors (Lipinski definition) is 0. The van der Waals surface area contributed by atoms with Gasteiger partial charge >= 0.3 is 5.97 Å². The maximum absolute atomic E-state index is 12.7. The van der Waals surface area contributed by atoms with Crippen molar-refractivity contribution in [2.24, 2.45) is 0 Å². The summed E-state index contributed by atoms with van der Waals surface area (Å²) in [5.74, 6) is -14.2. The van der Waals surface area contributed by atoms with Crippen LogP contribution in [0, 0.1) is 36.0 Å². The molecule has 1 radical (unpaired) electrons. The molecule has 0 spiro atoms. The molecule has 0 aliphatic rings. The quantitative estimate of drug-likeness (QED) is 0.240. The van der Waals surface area contributed by atoms with Gasteiger partial charge in [-0.1, -0.05) is 0 Å². The van der Waals surface area contributed by atoms with Crippen molar-refractivity contribution in [1.29, 1.82) is 0 Å². The van der Waals surface area contributed by atoms with Crippen LogP contribution in [0.4, 0.5) is 22.0 Å². The largest absolute Gasteiger partial charge is 0.420 e. The Bertz CT molecular complexity index is 401. The predicted molar refractivity (Wildman–Crippen MR) is 37.2 cm³/mol. The Kier molecular flexibility index (Phi) is 2.92. The van der Waals surface area contributed by atoms with Crippen LogP contribution in [0.3, 0.4) is 0 Å². The van der Waals surface area contributed by atoms with E-state index in [1.807, 2.05) is 0 Å². The Labute approximate surface area is 80.3 Å².